The van der Waals surface area contributed by atoms with E-state index in [1.165, 1.54) is 0 Å². The highest BCUT2D eigenvalue weighted by atomic mass is 79.9. The third kappa shape index (κ3) is 3.54. The molecule has 1 aliphatic rings. The standard InChI is InChI=1S/C13H16BrNO2/c14-12-1-2-13(11(7-12)8-16)17-9-10-3-5-15-6-4-10/h1-2,7-8,10,15H,3-6,9H2. The summed E-state index contributed by atoms with van der Waals surface area (Å²) in [7, 11) is 0. The van der Waals surface area contributed by atoms with Crippen molar-refractivity contribution in [2.45, 2.75) is 12.8 Å². The number of nitrogens with one attached hydrogen (secondary N) is 1. The summed E-state index contributed by atoms with van der Waals surface area (Å²) in [6, 6.07) is 5.52. The molecule has 3 nitrogen and oxygen atoms in total. The van der Waals surface area contributed by atoms with Crippen LogP contribution in [0.25, 0.3) is 0 Å². The van der Waals surface area contributed by atoms with Crippen molar-refractivity contribution in [1.82, 2.24) is 5.32 Å². The summed E-state index contributed by atoms with van der Waals surface area (Å²) in [6.45, 7) is 2.83. The summed E-state index contributed by atoms with van der Waals surface area (Å²) in [5, 5.41) is 3.32. The van der Waals surface area contributed by atoms with E-state index >= 15 is 0 Å². The van der Waals surface area contributed by atoms with Crippen molar-refractivity contribution < 1.29 is 9.53 Å². The summed E-state index contributed by atoms with van der Waals surface area (Å²) < 4.78 is 6.64. The van der Waals surface area contributed by atoms with Gasteiger partial charge in [-0.1, -0.05) is 15.9 Å². The van der Waals surface area contributed by atoms with Crippen molar-refractivity contribution in [3.8, 4) is 5.75 Å². The molecular weight excluding hydrogens is 282 g/mol. The molecule has 0 spiro atoms. The molecule has 4 heteroatoms. The number of aldehydes is 1. The Bertz CT molecular complexity index is 389. The van der Waals surface area contributed by atoms with Gasteiger partial charge in [-0.15, -0.1) is 0 Å². The summed E-state index contributed by atoms with van der Waals surface area (Å²) in [5.74, 6) is 1.28. The summed E-state index contributed by atoms with van der Waals surface area (Å²) in [6.07, 6.45) is 3.13. The van der Waals surface area contributed by atoms with Gasteiger partial charge in [0.25, 0.3) is 0 Å². The van der Waals surface area contributed by atoms with Gasteiger partial charge >= 0.3 is 0 Å². The first-order chi connectivity index (χ1) is 8.29. The molecule has 0 atom stereocenters. The van der Waals surface area contributed by atoms with Crippen LogP contribution in [0.15, 0.2) is 22.7 Å². The monoisotopic (exact) mass is 297 g/mol. The predicted octanol–water partition coefficient (Wildman–Crippen LogP) is 2.64. The second-order valence-corrected chi connectivity index (χ2v) is 5.22. The lowest BCUT2D eigenvalue weighted by Gasteiger charge is -2.22. The zero-order valence-electron chi connectivity index (χ0n) is 9.62. The van der Waals surface area contributed by atoms with Gasteiger partial charge < -0.3 is 10.1 Å². The first-order valence-electron chi connectivity index (χ1n) is 5.88. The van der Waals surface area contributed by atoms with Crippen molar-refractivity contribution in [1.29, 1.82) is 0 Å². The molecule has 1 aromatic rings. The Hall–Kier alpha value is -0.870. The molecule has 0 amide bonds. The number of carbonyl (C=O) groups is 1. The molecule has 1 aliphatic heterocycles. The van der Waals surface area contributed by atoms with Gasteiger partial charge in [-0.3, -0.25) is 4.79 Å². The van der Waals surface area contributed by atoms with Gasteiger partial charge in [0.05, 0.1) is 12.2 Å². The maximum Gasteiger partial charge on any atom is 0.153 e. The van der Waals surface area contributed by atoms with Crippen LogP contribution in [-0.4, -0.2) is 26.0 Å². The average molecular weight is 298 g/mol. The van der Waals surface area contributed by atoms with Gasteiger partial charge in [0.2, 0.25) is 0 Å². The van der Waals surface area contributed by atoms with Crippen LogP contribution in [0, 0.1) is 5.92 Å². The predicted molar refractivity (Wildman–Crippen MR) is 70.6 cm³/mol. The van der Waals surface area contributed by atoms with E-state index in [2.05, 4.69) is 21.2 Å². The lowest BCUT2D eigenvalue weighted by Crippen LogP contribution is -2.30. The van der Waals surface area contributed by atoms with E-state index in [-0.39, 0.29) is 0 Å². The topological polar surface area (TPSA) is 38.3 Å². The van der Waals surface area contributed by atoms with Crippen molar-refractivity contribution in [3.05, 3.63) is 28.2 Å². The van der Waals surface area contributed by atoms with E-state index in [9.17, 15) is 4.79 Å². The highest BCUT2D eigenvalue weighted by Gasteiger charge is 2.14. The first-order valence-corrected chi connectivity index (χ1v) is 6.67. The van der Waals surface area contributed by atoms with Gasteiger partial charge in [0, 0.05) is 4.47 Å². The SMILES string of the molecule is O=Cc1cc(Br)ccc1OCC1CCNCC1. The van der Waals surface area contributed by atoms with Gasteiger partial charge in [0.15, 0.2) is 6.29 Å². The molecule has 0 bridgehead atoms. The molecule has 0 aromatic heterocycles. The second kappa shape index (κ2) is 6.17. The maximum atomic E-state index is 10.9. The molecule has 92 valence electrons. The number of rotatable bonds is 4. The lowest BCUT2D eigenvalue weighted by molar-refractivity contribution is 0.111. The number of piperidine rings is 1. The van der Waals surface area contributed by atoms with Gasteiger partial charge in [-0.25, -0.2) is 0 Å². The zero-order valence-corrected chi connectivity index (χ0v) is 11.2. The van der Waals surface area contributed by atoms with Crippen LogP contribution in [0.3, 0.4) is 0 Å². The van der Waals surface area contributed by atoms with E-state index in [1.54, 1.807) is 6.07 Å². The van der Waals surface area contributed by atoms with E-state index < -0.39 is 0 Å². The fraction of sp³-hybridized carbons (Fsp3) is 0.462. The van der Waals surface area contributed by atoms with Crippen LogP contribution in [0.5, 0.6) is 5.75 Å². The van der Waals surface area contributed by atoms with Crippen molar-refractivity contribution >= 4 is 22.2 Å². The van der Waals surface area contributed by atoms with Crippen molar-refractivity contribution in [2.75, 3.05) is 19.7 Å². The molecular formula is C13H16BrNO2. The Morgan fingerprint density at radius 1 is 1.41 bits per heavy atom. The molecule has 0 aliphatic carbocycles. The van der Waals surface area contributed by atoms with E-state index in [1.807, 2.05) is 12.1 Å². The number of carbonyl (C=O) groups excluding carboxylic acids is 1. The number of halogens is 1. The molecule has 0 radical (unpaired) electrons. The van der Waals surface area contributed by atoms with Gasteiger partial charge in [-0.05, 0) is 50.0 Å². The normalized spacial score (nSPS) is 16.8. The minimum Gasteiger partial charge on any atom is -0.493 e. The summed E-state index contributed by atoms with van der Waals surface area (Å²) >= 11 is 3.34. The Kier molecular flexibility index (Phi) is 4.57. The van der Waals surface area contributed by atoms with Crippen LogP contribution >= 0.6 is 15.9 Å². The fourth-order valence-corrected chi connectivity index (χ4v) is 2.38. The molecule has 1 heterocycles. The van der Waals surface area contributed by atoms with Crippen LogP contribution in [0.4, 0.5) is 0 Å². The molecule has 17 heavy (non-hydrogen) atoms. The smallest absolute Gasteiger partial charge is 0.153 e. The van der Waals surface area contributed by atoms with Crippen molar-refractivity contribution in [2.24, 2.45) is 5.92 Å². The van der Waals surface area contributed by atoms with Crippen LogP contribution in [0.1, 0.15) is 23.2 Å². The van der Waals surface area contributed by atoms with Crippen LogP contribution < -0.4 is 10.1 Å². The number of hydrogen-bond acceptors (Lipinski definition) is 3. The third-order valence-corrected chi connectivity index (χ3v) is 3.53. The van der Waals surface area contributed by atoms with Crippen LogP contribution in [0.2, 0.25) is 0 Å². The summed E-state index contributed by atoms with van der Waals surface area (Å²) in [5.41, 5.74) is 0.605. The molecule has 2 rings (SSSR count). The quantitative estimate of drug-likeness (QED) is 0.869. The zero-order chi connectivity index (χ0) is 12.1. The Morgan fingerprint density at radius 3 is 2.88 bits per heavy atom. The minimum atomic E-state index is 0.597. The Labute approximate surface area is 110 Å². The van der Waals surface area contributed by atoms with Crippen molar-refractivity contribution in [3.63, 3.8) is 0 Å². The maximum absolute atomic E-state index is 10.9. The highest BCUT2D eigenvalue weighted by Crippen LogP contribution is 2.23. The third-order valence-electron chi connectivity index (χ3n) is 3.03. The average Bonchev–Trinajstić information content (AvgIpc) is 2.38. The van der Waals surface area contributed by atoms with Gasteiger partial charge in [-0.2, -0.15) is 0 Å². The molecule has 1 fully saturated rings. The largest absolute Gasteiger partial charge is 0.493 e. The Morgan fingerprint density at radius 2 is 2.18 bits per heavy atom. The molecule has 1 N–H and O–H groups in total. The fourth-order valence-electron chi connectivity index (χ4n) is 2.00. The number of benzene rings is 1. The van der Waals surface area contributed by atoms with E-state index in [0.717, 1.165) is 36.7 Å². The molecule has 1 aromatic carbocycles. The molecule has 1 saturated heterocycles. The van der Waals surface area contributed by atoms with E-state index in [4.69, 9.17) is 4.74 Å². The summed E-state index contributed by atoms with van der Waals surface area (Å²) in [4.78, 5) is 10.9. The lowest BCUT2D eigenvalue weighted by atomic mass is 9.99. The second-order valence-electron chi connectivity index (χ2n) is 4.30. The number of ether oxygens (including phenoxy) is 1. The molecule has 0 unspecified atom stereocenters. The van der Waals surface area contributed by atoms with E-state index in [0.29, 0.717) is 23.8 Å². The Balaban J connectivity index is 1.95. The number of hydrogen-bond donors (Lipinski definition) is 1. The highest BCUT2D eigenvalue weighted by molar-refractivity contribution is 9.10. The first kappa shape index (κ1) is 12.6. The van der Waals surface area contributed by atoms with Gasteiger partial charge in [0.1, 0.15) is 5.75 Å². The van der Waals surface area contributed by atoms with Crippen LogP contribution in [-0.2, 0) is 0 Å². The molecule has 0 saturated carbocycles. The minimum absolute atomic E-state index is 0.597.